The fourth-order valence-electron chi connectivity index (χ4n) is 3.69. The van der Waals surface area contributed by atoms with Gasteiger partial charge in [0.1, 0.15) is 5.41 Å². The number of hydrogen-bond donors (Lipinski definition) is 1. The topological polar surface area (TPSA) is 52.9 Å². The van der Waals surface area contributed by atoms with Gasteiger partial charge in [0.25, 0.3) is 0 Å². The number of rotatable bonds is 2. The second kappa shape index (κ2) is 5.53. The van der Waals surface area contributed by atoms with Crippen molar-refractivity contribution in [2.45, 2.75) is 77.7 Å². The number of carbonyl (C=O) groups is 1. The van der Waals surface area contributed by atoms with E-state index in [2.05, 4.69) is 25.2 Å². The van der Waals surface area contributed by atoms with Crippen LogP contribution in [0.15, 0.2) is 0 Å². The van der Waals surface area contributed by atoms with Gasteiger partial charge in [-0.1, -0.05) is 39.5 Å². The van der Waals surface area contributed by atoms with E-state index in [4.69, 9.17) is 0 Å². The van der Waals surface area contributed by atoms with Crippen LogP contribution in [0.5, 0.6) is 0 Å². The van der Waals surface area contributed by atoms with Gasteiger partial charge >= 0.3 is 0 Å². The standard InChI is InChI=1S/C16H26N2O/c1-15(2)8-6-7-13(11-15)18-14(19)16(12-17)9-4-3-5-10-16/h13H,3-11H2,1-2H3,(H,18,19). The van der Waals surface area contributed by atoms with Crippen molar-refractivity contribution in [1.82, 2.24) is 5.32 Å². The first kappa shape index (κ1) is 14.4. The Morgan fingerprint density at radius 3 is 2.42 bits per heavy atom. The lowest BCUT2D eigenvalue weighted by molar-refractivity contribution is -0.130. The predicted octanol–water partition coefficient (Wildman–Crippen LogP) is 3.55. The molecule has 0 spiro atoms. The fraction of sp³-hybridized carbons (Fsp3) is 0.875. The van der Waals surface area contributed by atoms with Crippen LogP contribution in [-0.4, -0.2) is 11.9 Å². The molecule has 2 fully saturated rings. The summed E-state index contributed by atoms with van der Waals surface area (Å²) in [5.41, 5.74) is -0.414. The fourth-order valence-corrected chi connectivity index (χ4v) is 3.69. The summed E-state index contributed by atoms with van der Waals surface area (Å²) in [4.78, 5) is 12.5. The highest BCUT2D eigenvalue weighted by atomic mass is 16.2. The van der Waals surface area contributed by atoms with Crippen molar-refractivity contribution in [2.24, 2.45) is 10.8 Å². The molecule has 0 aromatic heterocycles. The molecule has 1 N–H and O–H groups in total. The van der Waals surface area contributed by atoms with E-state index >= 15 is 0 Å². The lowest BCUT2D eigenvalue weighted by Crippen LogP contribution is -2.48. The average Bonchev–Trinajstić information content (AvgIpc) is 2.38. The van der Waals surface area contributed by atoms with E-state index in [9.17, 15) is 10.1 Å². The monoisotopic (exact) mass is 262 g/mol. The van der Waals surface area contributed by atoms with Crippen molar-refractivity contribution >= 4 is 5.91 Å². The summed E-state index contributed by atoms with van der Waals surface area (Å²) in [6.45, 7) is 4.54. The number of hydrogen-bond acceptors (Lipinski definition) is 2. The molecule has 1 atom stereocenters. The molecule has 106 valence electrons. The van der Waals surface area contributed by atoms with Crippen LogP contribution >= 0.6 is 0 Å². The molecule has 0 bridgehead atoms. The van der Waals surface area contributed by atoms with Crippen LogP contribution < -0.4 is 5.32 Å². The van der Waals surface area contributed by atoms with Gasteiger partial charge in [-0.3, -0.25) is 4.79 Å². The molecule has 1 unspecified atom stereocenters. The molecular formula is C16H26N2O. The van der Waals surface area contributed by atoms with Crippen LogP contribution in [0.3, 0.4) is 0 Å². The minimum Gasteiger partial charge on any atom is -0.352 e. The van der Waals surface area contributed by atoms with Crippen molar-refractivity contribution in [3.05, 3.63) is 0 Å². The van der Waals surface area contributed by atoms with Gasteiger partial charge in [0.2, 0.25) is 5.91 Å². The van der Waals surface area contributed by atoms with E-state index in [1.54, 1.807) is 0 Å². The van der Waals surface area contributed by atoms with E-state index in [0.717, 1.165) is 44.9 Å². The van der Waals surface area contributed by atoms with Crippen LogP contribution in [0.4, 0.5) is 0 Å². The molecule has 3 heteroatoms. The first-order valence-corrected chi connectivity index (χ1v) is 7.70. The van der Waals surface area contributed by atoms with Crippen LogP contribution in [0.2, 0.25) is 0 Å². The molecule has 0 aromatic carbocycles. The summed E-state index contributed by atoms with van der Waals surface area (Å²) in [7, 11) is 0. The van der Waals surface area contributed by atoms with E-state index in [1.165, 1.54) is 12.8 Å². The lowest BCUT2D eigenvalue weighted by atomic mass is 9.72. The van der Waals surface area contributed by atoms with Crippen molar-refractivity contribution in [1.29, 1.82) is 5.26 Å². The van der Waals surface area contributed by atoms with Crippen LogP contribution in [0, 0.1) is 22.2 Å². The third-order valence-electron chi connectivity index (χ3n) is 4.90. The number of nitriles is 1. The zero-order valence-electron chi connectivity index (χ0n) is 12.3. The second-order valence-electron chi connectivity index (χ2n) is 7.19. The molecule has 1 amide bonds. The number of nitrogens with one attached hydrogen (secondary N) is 1. The summed E-state index contributed by atoms with van der Waals surface area (Å²) in [5, 5.41) is 12.6. The van der Waals surface area contributed by atoms with E-state index < -0.39 is 5.41 Å². The SMILES string of the molecule is CC1(C)CCCC(NC(=O)C2(C#N)CCCCC2)C1. The Morgan fingerprint density at radius 2 is 1.84 bits per heavy atom. The van der Waals surface area contributed by atoms with Gasteiger partial charge in [-0.05, 0) is 37.5 Å². The Hall–Kier alpha value is -1.04. The van der Waals surface area contributed by atoms with Crippen LogP contribution in [0.1, 0.15) is 71.6 Å². The maximum absolute atomic E-state index is 12.5. The first-order chi connectivity index (χ1) is 8.97. The minimum atomic E-state index is -0.736. The number of amides is 1. The largest absolute Gasteiger partial charge is 0.352 e. The molecule has 2 aliphatic carbocycles. The molecule has 2 saturated carbocycles. The third kappa shape index (κ3) is 3.29. The summed E-state index contributed by atoms with van der Waals surface area (Å²) in [5.74, 6) is -0.00241. The summed E-state index contributed by atoms with van der Waals surface area (Å²) < 4.78 is 0. The Kier molecular flexibility index (Phi) is 4.18. The smallest absolute Gasteiger partial charge is 0.240 e. The molecule has 0 heterocycles. The molecule has 2 aliphatic rings. The highest BCUT2D eigenvalue weighted by molar-refractivity contribution is 5.85. The Bertz CT molecular complexity index is 375. The molecular weight excluding hydrogens is 236 g/mol. The molecule has 19 heavy (non-hydrogen) atoms. The molecule has 0 saturated heterocycles. The van der Waals surface area contributed by atoms with Crippen molar-refractivity contribution in [2.75, 3.05) is 0 Å². The molecule has 3 nitrogen and oxygen atoms in total. The van der Waals surface area contributed by atoms with Crippen molar-refractivity contribution < 1.29 is 4.79 Å². The van der Waals surface area contributed by atoms with Crippen molar-refractivity contribution in [3.8, 4) is 6.07 Å². The van der Waals surface area contributed by atoms with Crippen LogP contribution in [0.25, 0.3) is 0 Å². The maximum Gasteiger partial charge on any atom is 0.240 e. The highest BCUT2D eigenvalue weighted by Crippen LogP contribution is 2.38. The molecule has 0 radical (unpaired) electrons. The van der Waals surface area contributed by atoms with Gasteiger partial charge in [0, 0.05) is 6.04 Å². The van der Waals surface area contributed by atoms with Gasteiger partial charge in [-0.2, -0.15) is 5.26 Å². The molecule has 0 aromatic rings. The average molecular weight is 262 g/mol. The Balaban J connectivity index is 1.98. The second-order valence-corrected chi connectivity index (χ2v) is 7.19. The number of nitrogens with zero attached hydrogens (tertiary/aromatic N) is 1. The van der Waals surface area contributed by atoms with Gasteiger partial charge in [0.05, 0.1) is 6.07 Å². The number of carbonyl (C=O) groups excluding carboxylic acids is 1. The Labute approximate surface area is 116 Å². The predicted molar refractivity (Wildman–Crippen MR) is 75.3 cm³/mol. The Morgan fingerprint density at radius 1 is 1.16 bits per heavy atom. The maximum atomic E-state index is 12.5. The quantitative estimate of drug-likeness (QED) is 0.827. The first-order valence-electron chi connectivity index (χ1n) is 7.70. The van der Waals surface area contributed by atoms with Gasteiger partial charge in [-0.15, -0.1) is 0 Å². The van der Waals surface area contributed by atoms with E-state index in [1.807, 2.05) is 0 Å². The normalized spacial score (nSPS) is 29.2. The summed E-state index contributed by atoms with van der Waals surface area (Å²) in [6.07, 6.45) is 9.19. The minimum absolute atomic E-state index is 0.00241. The zero-order chi connectivity index (χ0) is 13.9. The summed E-state index contributed by atoms with van der Waals surface area (Å²) >= 11 is 0. The zero-order valence-corrected chi connectivity index (χ0v) is 12.3. The van der Waals surface area contributed by atoms with E-state index in [-0.39, 0.29) is 11.9 Å². The summed E-state index contributed by atoms with van der Waals surface area (Å²) in [6, 6.07) is 2.58. The lowest BCUT2D eigenvalue weighted by Gasteiger charge is -2.37. The van der Waals surface area contributed by atoms with Gasteiger partial charge in [0.15, 0.2) is 0 Å². The van der Waals surface area contributed by atoms with Gasteiger partial charge in [-0.25, -0.2) is 0 Å². The van der Waals surface area contributed by atoms with Crippen molar-refractivity contribution in [3.63, 3.8) is 0 Å². The van der Waals surface area contributed by atoms with Gasteiger partial charge < -0.3 is 5.32 Å². The van der Waals surface area contributed by atoms with E-state index in [0.29, 0.717) is 5.41 Å². The molecule has 2 rings (SSSR count). The third-order valence-corrected chi connectivity index (χ3v) is 4.90. The highest BCUT2D eigenvalue weighted by Gasteiger charge is 2.41. The molecule has 0 aliphatic heterocycles. The van der Waals surface area contributed by atoms with Crippen LogP contribution in [-0.2, 0) is 4.79 Å².